The van der Waals surface area contributed by atoms with Gasteiger partial charge in [-0.1, -0.05) is 58.9 Å². The van der Waals surface area contributed by atoms with E-state index in [1.807, 2.05) is 50.3 Å². The average molecular weight is 496 g/mol. The molecule has 5 nitrogen and oxygen atoms in total. The summed E-state index contributed by atoms with van der Waals surface area (Å²) < 4.78 is 34.9. The Morgan fingerprint density at radius 1 is 0.829 bits per heavy atom. The number of carbonyl (C=O) groups is 2. The van der Waals surface area contributed by atoms with Crippen LogP contribution >= 0.6 is 0 Å². The molecule has 0 aliphatic heterocycles. The molecule has 6 heteroatoms. The number of allylic oxidation sites excluding steroid dienone is 2. The molecule has 188 valence electrons. The smallest absolute Gasteiger partial charge is 0.166 e. The van der Waals surface area contributed by atoms with Gasteiger partial charge >= 0.3 is 0 Å². The molecule has 4 bridgehead atoms. The van der Waals surface area contributed by atoms with Gasteiger partial charge in [0.25, 0.3) is 0 Å². The first kappa shape index (κ1) is 24.6. The molecule has 0 heterocycles. The number of rotatable bonds is 5. The standard InChI is InChI=1S/C29H36O5S/c1-6-28-13-11-22(26(28,2)3)20(24(28)30)15-18-7-9-19(10-8-18)16-21-23-12-14-29(25(21)31,27(23,4)5)17-35(32,33)34/h7-10,15-16,22-23H,6,11-14,17H2,1-5H3,(H,32,33,34)/p-1/b20-15+,21-16+. The van der Waals surface area contributed by atoms with Crippen LogP contribution in [0.5, 0.6) is 0 Å². The van der Waals surface area contributed by atoms with Crippen molar-refractivity contribution in [1.29, 1.82) is 0 Å². The lowest BCUT2D eigenvalue weighted by atomic mass is 9.67. The summed E-state index contributed by atoms with van der Waals surface area (Å²) in [4.78, 5) is 26.8. The average Bonchev–Trinajstić information content (AvgIpc) is 3.28. The van der Waals surface area contributed by atoms with Crippen molar-refractivity contribution >= 4 is 33.8 Å². The summed E-state index contributed by atoms with van der Waals surface area (Å²) in [7, 11) is -4.52. The first-order valence-corrected chi connectivity index (χ1v) is 14.3. The molecular formula is C29H35O5S-. The van der Waals surface area contributed by atoms with Gasteiger partial charge in [-0.2, -0.15) is 0 Å². The molecule has 4 unspecified atom stereocenters. The Hall–Kier alpha value is -2.05. The van der Waals surface area contributed by atoms with E-state index in [2.05, 4.69) is 20.8 Å². The predicted molar refractivity (Wildman–Crippen MR) is 135 cm³/mol. The number of fused-ring (bicyclic) bond motifs is 4. The second kappa shape index (κ2) is 7.48. The van der Waals surface area contributed by atoms with Crippen molar-refractivity contribution in [1.82, 2.24) is 0 Å². The monoisotopic (exact) mass is 495 g/mol. The van der Waals surface area contributed by atoms with Crippen LogP contribution in [0.4, 0.5) is 0 Å². The van der Waals surface area contributed by atoms with Crippen molar-refractivity contribution in [2.24, 2.45) is 33.5 Å². The second-order valence-electron chi connectivity index (χ2n) is 12.4. The van der Waals surface area contributed by atoms with Crippen molar-refractivity contribution in [3.8, 4) is 0 Å². The van der Waals surface area contributed by atoms with Crippen molar-refractivity contribution in [2.75, 3.05) is 5.75 Å². The zero-order valence-electron chi connectivity index (χ0n) is 21.3. The Bertz CT molecular complexity index is 1280. The van der Waals surface area contributed by atoms with Gasteiger partial charge in [0, 0.05) is 11.0 Å². The minimum absolute atomic E-state index is 0.0164. The van der Waals surface area contributed by atoms with Crippen LogP contribution < -0.4 is 0 Å². The van der Waals surface area contributed by atoms with E-state index in [4.69, 9.17) is 0 Å². The minimum Gasteiger partial charge on any atom is -0.748 e. The Morgan fingerprint density at radius 3 is 1.63 bits per heavy atom. The number of benzene rings is 1. The van der Waals surface area contributed by atoms with Gasteiger partial charge in [0.15, 0.2) is 11.6 Å². The molecule has 0 amide bonds. The third kappa shape index (κ3) is 3.18. The van der Waals surface area contributed by atoms with Crippen LogP contribution in [0.3, 0.4) is 0 Å². The highest BCUT2D eigenvalue weighted by molar-refractivity contribution is 7.85. The van der Waals surface area contributed by atoms with E-state index >= 15 is 0 Å². The Morgan fingerprint density at radius 2 is 1.23 bits per heavy atom. The van der Waals surface area contributed by atoms with Crippen LogP contribution in [0.15, 0.2) is 35.4 Å². The SMILES string of the molecule is CCC12CCC(/C(=C\c3ccc(/C=C4/C(=O)C5(CS(=O)(=O)[O-])CCC4C5(C)C)cc3)C1=O)C2(C)C. The number of hydrogen-bond acceptors (Lipinski definition) is 5. The van der Waals surface area contributed by atoms with Gasteiger partial charge in [-0.25, -0.2) is 8.42 Å². The van der Waals surface area contributed by atoms with E-state index < -0.39 is 26.7 Å². The first-order chi connectivity index (χ1) is 16.2. The normalized spacial score (nSPS) is 37.2. The van der Waals surface area contributed by atoms with Crippen LogP contribution in [0.2, 0.25) is 0 Å². The van der Waals surface area contributed by atoms with Gasteiger partial charge in [0.05, 0.1) is 21.3 Å². The highest BCUT2D eigenvalue weighted by Crippen LogP contribution is 2.68. The summed E-state index contributed by atoms with van der Waals surface area (Å²) in [6, 6.07) is 7.85. The number of Topliss-reactive ketones (excluding diaryl/α,β-unsaturated/α-hetero) is 2. The van der Waals surface area contributed by atoms with Crippen LogP contribution in [-0.2, 0) is 19.7 Å². The topological polar surface area (TPSA) is 91.3 Å². The van der Waals surface area contributed by atoms with Gasteiger partial charge < -0.3 is 4.55 Å². The molecule has 0 saturated heterocycles. The lowest BCUT2D eigenvalue weighted by molar-refractivity contribution is -0.127. The van der Waals surface area contributed by atoms with Gasteiger partial charge in [-0.05, 0) is 83.6 Å². The fraction of sp³-hybridized carbons (Fsp3) is 0.586. The first-order valence-electron chi connectivity index (χ1n) is 12.8. The summed E-state index contributed by atoms with van der Waals surface area (Å²) in [6.45, 7) is 10.4. The van der Waals surface area contributed by atoms with E-state index in [-0.39, 0.29) is 22.5 Å². The van der Waals surface area contributed by atoms with Crippen molar-refractivity contribution in [3.05, 3.63) is 46.5 Å². The summed E-state index contributed by atoms with van der Waals surface area (Å²) >= 11 is 0. The molecule has 4 fully saturated rings. The van der Waals surface area contributed by atoms with E-state index in [0.29, 0.717) is 30.1 Å². The third-order valence-electron chi connectivity index (χ3n) is 10.7. The maximum atomic E-state index is 13.4. The lowest BCUT2D eigenvalue weighted by Gasteiger charge is -2.36. The van der Waals surface area contributed by atoms with E-state index in [1.54, 1.807) is 0 Å². The second-order valence-corrected chi connectivity index (χ2v) is 13.8. The number of carbonyl (C=O) groups excluding carboxylic acids is 2. The van der Waals surface area contributed by atoms with Crippen molar-refractivity contribution < 1.29 is 22.6 Å². The fourth-order valence-electron chi connectivity index (χ4n) is 8.38. The summed E-state index contributed by atoms with van der Waals surface area (Å²) in [6.07, 6.45) is 7.97. The number of ketones is 2. The lowest BCUT2D eigenvalue weighted by Crippen LogP contribution is -2.42. The van der Waals surface area contributed by atoms with Crippen LogP contribution in [-0.4, -0.2) is 30.3 Å². The summed E-state index contributed by atoms with van der Waals surface area (Å²) in [5.41, 5.74) is 1.46. The molecule has 0 spiro atoms. The van der Waals surface area contributed by atoms with E-state index in [9.17, 15) is 22.6 Å². The van der Waals surface area contributed by atoms with E-state index in [1.165, 1.54) is 0 Å². The molecule has 4 aliphatic rings. The molecule has 35 heavy (non-hydrogen) atoms. The van der Waals surface area contributed by atoms with Crippen LogP contribution in [0, 0.1) is 33.5 Å². The molecule has 1 aromatic carbocycles. The molecule has 4 saturated carbocycles. The van der Waals surface area contributed by atoms with Crippen LogP contribution in [0.1, 0.15) is 77.8 Å². The summed E-state index contributed by atoms with van der Waals surface area (Å²) in [5.74, 6) is -0.279. The minimum atomic E-state index is -4.52. The molecular weight excluding hydrogens is 460 g/mol. The van der Waals surface area contributed by atoms with Gasteiger partial charge in [-0.15, -0.1) is 0 Å². The zero-order chi connectivity index (χ0) is 25.6. The van der Waals surface area contributed by atoms with Gasteiger partial charge in [-0.3, -0.25) is 9.59 Å². The molecule has 5 rings (SSSR count). The molecule has 4 aliphatic carbocycles. The van der Waals surface area contributed by atoms with Crippen molar-refractivity contribution in [3.63, 3.8) is 0 Å². The van der Waals surface area contributed by atoms with Crippen LogP contribution in [0.25, 0.3) is 12.2 Å². The van der Waals surface area contributed by atoms with Gasteiger partial charge in [0.1, 0.15) is 0 Å². The highest BCUT2D eigenvalue weighted by atomic mass is 32.2. The highest BCUT2D eigenvalue weighted by Gasteiger charge is 2.67. The molecule has 0 N–H and O–H groups in total. The zero-order valence-corrected chi connectivity index (χ0v) is 22.1. The predicted octanol–water partition coefficient (Wildman–Crippen LogP) is 5.42. The fourth-order valence-corrected chi connectivity index (χ4v) is 9.63. The Kier molecular flexibility index (Phi) is 5.27. The maximum Gasteiger partial charge on any atom is 0.166 e. The third-order valence-corrected chi connectivity index (χ3v) is 11.5. The Balaban J connectivity index is 1.44. The molecule has 4 atom stereocenters. The quantitative estimate of drug-likeness (QED) is 0.402. The summed E-state index contributed by atoms with van der Waals surface area (Å²) in [5, 5.41) is 0. The largest absolute Gasteiger partial charge is 0.748 e. The molecule has 0 radical (unpaired) electrons. The maximum absolute atomic E-state index is 13.4. The van der Waals surface area contributed by atoms with Gasteiger partial charge in [0.2, 0.25) is 0 Å². The molecule has 1 aromatic rings. The van der Waals surface area contributed by atoms with Crippen molar-refractivity contribution in [2.45, 2.75) is 66.7 Å². The van der Waals surface area contributed by atoms with E-state index in [0.717, 1.165) is 36.0 Å². The Labute approximate surface area is 208 Å². The molecule has 0 aromatic heterocycles. The number of hydrogen-bond donors (Lipinski definition) is 0.